The molecule has 0 aromatic heterocycles. The molecule has 5 nitrogen and oxygen atoms in total. The summed E-state index contributed by atoms with van der Waals surface area (Å²) in [7, 11) is 0. The van der Waals surface area contributed by atoms with Crippen molar-refractivity contribution in [3.05, 3.63) is 0 Å². The van der Waals surface area contributed by atoms with E-state index in [4.69, 9.17) is 0 Å². The van der Waals surface area contributed by atoms with Gasteiger partial charge in [-0.2, -0.15) is 0 Å². The molecule has 0 spiro atoms. The van der Waals surface area contributed by atoms with Crippen LogP contribution in [0.5, 0.6) is 0 Å². The average Bonchev–Trinajstić information content (AvgIpc) is 3.08. The molecule has 1 heterocycles. The molecule has 1 unspecified atom stereocenters. The molecule has 1 aliphatic heterocycles. The summed E-state index contributed by atoms with van der Waals surface area (Å²) < 4.78 is 0. The summed E-state index contributed by atoms with van der Waals surface area (Å²) >= 11 is 0. The molecule has 144 valence electrons. The second-order valence-electron chi connectivity index (χ2n) is 8.06. The Bertz CT molecular complexity index is 446. The summed E-state index contributed by atoms with van der Waals surface area (Å²) in [5.74, 6) is 1.33. The Balaban J connectivity index is 0.00000225. The lowest BCUT2D eigenvalue weighted by Gasteiger charge is -2.38. The number of carbonyl (C=O) groups excluding carboxylic acids is 2. The lowest BCUT2D eigenvalue weighted by Crippen LogP contribution is -2.54. The van der Waals surface area contributed by atoms with Crippen molar-refractivity contribution in [3.63, 3.8) is 0 Å². The van der Waals surface area contributed by atoms with Crippen LogP contribution in [0.25, 0.3) is 0 Å². The van der Waals surface area contributed by atoms with Gasteiger partial charge in [-0.3, -0.25) is 9.59 Å². The maximum atomic E-state index is 12.7. The fourth-order valence-electron chi connectivity index (χ4n) is 4.65. The van der Waals surface area contributed by atoms with Crippen molar-refractivity contribution >= 4 is 24.2 Å². The molecule has 2 N–H and O–H groups in total. The first kappa shape index (κ1) is 20.5. The predicted molar refractivity (Wildman–Crippen MR) is 102 cm³/mol. The minimum atomic E-state index is 0. The fraction of sp³-hybridized carbons (Fsp3) is 0.895. The van der Waals surface area contributed by atoms with Crippen molar-refractivity contribution in [1.29, 1.82) is 0 Å². The molecule has 2 saturated carbocycles. The van der Waals surface area contributed by atoms with Crippen LogP contribution in [0, 0.1) is 11.8 Å². The first-order valence-electron chi connectivity index (χ1n) is 9.94. The Kier molecular flexibility index (Phi) is 8.01. The lowest BCUT2D eigenvalue weighted by atomic mass is 9.84. The minimum Gasteiger partial charge on any atom is -0.353 e. The van der Waals surface area contributed by atoms with Crippen molar-refractivity contribution in [1.82, 2.24) is 15.5 Å². The highest BCUT2D eigenvalue weighted by Crippen LogP contribution is 2.29. The van der Waals surface area contributed by atoms with E-state index in [2.05, 4.69) is 22.5 Å². The van der Waals surface area contributed by atoms with Crippen molar-refractivity contribution in [2.75, 3.05) is 19.6 Å². The predicted octanol–water partition coefficient (Wildman–Crippen LogP) is 2.48. The molecule has 3 rings (SSSR count). The Hall–Kier alpha value is -0.810. The summed E-state index contributed by atoms with van der Waals surface area (Å²) in [5.41, 5.74) is 0. The Morgan fingerprint density at radius 2 is 1.76 bits per heavy atom. The first-order chi connectivity index (χ1) is 11.6. The molecule has 0 aromatic rings. The van der Waals surface area contributed by atoms with E-state index in [1.54, 1.807) is 0 Å². The van der Waals surface area contributed by atoms with Crippen LogP contribution in [0.3, 0.4) is 0 Å². The number of nitrogens with one attached hydrogen (secondary N) is 2. The standard InChI is InChI=1S/C19H33N3O2.ClH/c1-14-13-20-10-11-22(14)19(24)16-6-8-17(9-7-16)21-18(23)12-15-4-2-3-5-15;/h14-17,20H,2-13H2,1H3,(H,21,23);1H. The van der Waals surface area contributed by atoms with Crippen LogP contribution >= 0.6 is 12.4 Å². The molecule has 2 aliphatic carbocycles. The maximum Gasteiger partial charge on any atom is 0.226 e. The molecular formula is C19H34ClN3O2. The van der Waals surface area contributed by atoms with Crippen LogP contribution in [-0.2, 0) is 9.59 Å². The van der Waals surface area contributed by atoms with Gasteiger partial charge in [-0.1, -0.05) is 12.8 Å². The summed E-state index contributed by atoms with van der Waals surface area (Å²) in [5, 5.41) is 6.56. The average molecular weight is 372 g/mol. The zero-order valence-electron chi connectivity index (χ0n) is 15.5. The van der Waals surface area contributed by atoms with E-state index in [1.807, 2.05) is 0 Å². The van der Waals surface area contributed by atoms with Gasteiger partial charge in [-0.05, 0) is 51.4 Å². The number of hydrogen-bond acceptors (Lipinski definition) is 3. The van der Waals surface area contributed by atoms with Crippen LogP contribution < -0.4 is 10.6 Å². The zero-order valence-corrected chi connectivity index (χ0v) is 16.3. The third-order valence-electron chi connectivity index (χ3n) is 6.17. The SMILES string of the molecule is CC1CNCCN1C(=O)C1CCC(NC(=O)CC2CCCC2)CC1.Cl. The van der Waals surface area contributed by atoms with Gasteiger partial charge in [-0.25, -0.2) is 0 Å². The van der Waals surface area contributed by atoms with Crippen molar-refractivity contribution in [3.8, 4) is 0 Å². The normalized spacial score (nSPS) is 30.6. The van der Waals surface area contributed by atoms with Gasteiger partial charge in [0.1, 0.15) is 0 Å². The molecule has 0 bridgehead atoms. The van der Waals surface area contributed by atoms with Gasteiger partial charge >= 0.3 is 0 Å². The van der Waals surface area contributed by atoms with Crippen molar-refractivity contribution in [2.45, 2.75) is 76.8 Å². The van der Waals surface area contributed by atoms with E-state index in [-0.39, 0.29) is 30.3 Å². The van der Waals surface area contributed by atoms with Crippen LogP contribution in [0.15, 0.2) is 0 Å². The van der Waals surface area contributed by atoms with E-state index >= 15 is 0 Å². The second-order valence-corrected chi connectivity index (χ2v) is 8.06. The molecule has 0 aromatic carbocycles. The highest BCUT2D eigenvalue weighted by molar-refractivity contribution is 5.85. The van der Waals surface area contributed by atoms with E-state index < -0.39 is 0 Å². The van der Waals surface area contributed by atoms with Gasteiger partial charge < -0.3 is 15.5 Å². The van der Waals surface area contributed by atoms with Crippen LogP contribution in [0.2, 0.25) is 0 Å². The van der Waals surface area contributed by atoms with E-state index in [1.165, 1.54) is 25.7 Å². The highest BCUT2D eigenvalue weighted by Gasteiger charge is 2.32. The topological polar surface area (TPSA) is 61.4 Å². The van der Waals surface area contributed by atoms with Gasteiger partial charge in [0.05, 0.1) is 0 Å². The van der Waals surface area contributed by atoms with Crippen LogP contribution in [-0.4, -0.2) is 48.4 Å². The molecular weight excluding hydrogens is 338 g/mol. The molecule has 3 fully saturated rings. The second kappa shape index (κ2) is 9.77. The summed E-state index contributed by atoms with van der Waals surface area (Å²) in [6.07, 6.45) is 9.46. The third-order valence-corrected chi connectivity index (χ3v) is 6.17. The highest BCUT2D eigenvalue weighted by atomic mass is 35.5. The summed E-state index contributed by atoms with van der Waals surface area (Å²) in [4.78, 5) is 27.0. The van der Waals surface area contributed by atoms with Crippen molar-refractivity contribution < 1.29 is 9.59 Å². The Morgan fingerprint density at radius 1 is 1.08 bits per heavy atom. The van der Waals surface area contributed by atoms with Gasteiger partial charge in [-0.15, -0.1) is 12.4 Å². The first-order valence-corrected chi connectivity index (χ1v) is 9.94. The number of carbonyl (C=O) groups is 2. The van der Waals surface area contributed by atoms with E-state index in [9.17, 15) is 9.59 Å². The van der Waals surface area contributed by atoms with Crippen molar-refractivity contribution in [2.24, 2.45) is 11.8 Å². The number of nitrogens with zero attached hydrogens (tertiary/aromatic N) is 1. The quantitative estimate of drug-likeness (QED) is 0.798. The molecule has 0 radical (unpaired) electrons. The van der Waals surface area contributed by atoms with E-state index in [0.717, 1.165) is 45.3 Å². The summed E-state index contributed by atoms with van der Waals surface area (Å²) in [6, 6.07) is 0.582. The number of piperazine rings is 1. The van der Waals surface area contributed by atoms with E-state index in [0.29, 0.717) is 24.3 Å². The monoisotopic (exact) mass is 371 g/mol. The maximum absolute atomic E-state index is 12.7. The van der Waals surface area contributed by atoms with Crippen LogP contribution in [0.1, 0.15) is 64.7 Å². The minimum absolute atomic E-state index is 0. The fourth-order valence-corrected chi connectivity index (χ4v) is 4.65. The molecule has 2 amide bonds. The van der Waals surface area contributed by atoms with Gasteiger partial charge in [0.25, 0.3) is 0 Å². The molecule has 6 heteroatoms. The molecule has 1 saturated heterocycles. The zero-order chi connectivity index (χ0) is 16.9. The summed E-state index contributed by atoms with van der Waals surface area (Å²) in [6.45, 7) is 4.76. The Morgan fingerprint density at radius 3 is 2.40 bits per heavy atom. The largest absolute Gasteiger partial charge is 0.353 e. The van der Waals surface area contributed by atoms with Gasteiger partial charge in [0, 0.05) is 44.1 Å². The lowest BCUT2D eigenvalue weighted by molar-refractivity contribution is -0.139. The van der Waals surface area contributed by atoms with Gasteiger partial charge in [0.2, 0.25) is 11.8 Å². The Labute approximate surface area is 158 Å². The molecule has 3 aliphatic rings. The number of hydrogen-bond donors (Lipinski definition) is 2. The number of halogens is 1. The third kappa shape index (κ3) is 5.58. The molecule has 25 heavy (non-hydrogen) atoms. The van der Waals surface area contributed by atoms with Crippen LogP contribution in [0.4, 0.5) is 0 Å². The number of rotatable bonds is 4. The smallest absolute Gasteiger partial charge is 0.226 e. The molecule has 1 atom stereocenters. The van der Waals surface area contributed by atoms with Gasteiger partial charge in [0.15, 0.2) is 0 Å². The number of amides is 2.